The Morgan fingerprint density at radius 1 is 1.50 bits per heavy atom. The van der Waals surface area contributed by atoms with Gasteiger partial charge in [-0.3, -0.25) is 14.3 Å². The van der Waals surface area contributed by atoms with Gasteiger partial charge in [-0.15, -0.1) is 0 Å². The fourth-order valence-corrected chi connectivity index (χ4v) is 3.13. The molecule has 2 heterocycles. The minimum Gasteiger partial charge on any atom is -0.481 e. The van der Waals surface area contributed by atoms with Crippen LogP contribution >= 0.6 is 0 Å². The van der Waals surface area contributed by atoms with Gasteiger partial charge in [0.2, 0.25) is 15.9 Å². The van der Waals surface area contributed by atoms with Crippen LogP contribution in [0.4, 0.5) is 0 Å². The Morgan fingerprint density at radius 3 is 2.90 bits per heavy atom. The number of hydrogen-bond acceptors (Lipinski definition) is 5. The van der Waals surface area contributed by atoms with Crippen molar-refractivity contribution in [2.75, 3.05) is 19.6 Å². The summed E-state index contributed by atoms with van der Waals surface area (Å²) in [4.78, 5) is 21.6. The van der Waals surface area contributed by atoms with E-state index in [1.807, 2.05) is 0 Å². The van der Waals surface area contributed by atoms with E-state index in [0.717, 1.165) is 10.5 Å². The van der Waals surface area contributed by atoms with E-state index in [9.17, 15) is 18.0 Å². The number of aryl methyl sites for hydroxylation is 1. The smallest absolute Gasteiger partial charge is 0.305 e. The van der Waals surface area contributed by atoms with Crippen LogP contribution in [0, 0.1) is 0 Å². The van der Waals surface area contributed by atoms with Gasteiger partial charge < -0.3 is 10.4 Å². The van der Waals surface area contributed by atoms with Gasteiger partial charge >= 0.3 is 5.97 Å². The van der Waals surface area contributed by atoms with Crippen LogP contribution in [0.5, 0.6) is 0 Å². The maximum atomic E-state index is 12.3. The molecule has 2 rings (SSSR count). The summed E-state index contributed by atoms with van der Waals surface area (Å²) < 4.78 is 26.8. The van der Waals surface area contributed by atoms with Crippen molar-refractivity contribution in [2.24, 2.45) is 0 Å². The van der Waals surface area contributed by atoms with Crippen molar-refractivity contribution in [3.8, 4) is 0 Å². The highest BCUT2D eigenvalue weighted by Crippen LogP contribution is 2.15. The van der Waals surface area contributed by atoms with Gasteiger partial charge in [-0.2, -0.15) is 9.40 Å². The standard InChI is InChI=1S/C10H14N4O5S/c15-9-7-14(4-2-11-9)20(18,19)8-5-12-13(6-8)3-1-10(16)17/h5-6H,1-4,7H2,(H,11,15)(H,16,17). The summed E-state index contributed by atoms with van der Waals surface area (Å²) >= 11 is 0. The SMILES string of the molecule is O=C(O)CCn1cc(S(=O)(=O)N2CCNC(=O)C2)cn1. The van der Waals surface area contributed by atoms with E-state index in [2.05, 4.69) is 10.4 Å². The molecule has 20 heavy (non-hydrogen) atoms. The van der Waals surface area contributed by atoms with Gasteiger partial charge in [0.05, 0.1) is 25.7 Å². The molecule has 1 saturated heterocycles. The number of rotatable bonds is 5. The highest BCUT2D eigenvalue weighted by atomic mass is 32.2. The van der Waals surface area contributed by atoms with Crippen LogP contribution in [0.15, 0.2) is 17.3 Å². The Balaban J connectivity index is 2.13. The Bertz CT molecular complexity index is 623. The van der Waals surface area contributed by atoms with Crippen LogP contribution < -0.4 is 5.32 Å². The molecule has 110 valence electrons. The van der Waals surface area contributed by atoms with Crippen LogP contribution in [0.3, 0.4) is 0 Å². The summed E-state index contributed by atoms with van der Waals surface area (Å²) in [6.45, 7) is 0.341. The number of aliphatic carboxylic acids is 1. The van der Waals surface area contributed by atoms with Gasteiger partial charge in [0.1, 0.15) is 4.90 Å². The lowest BCUT2D eigenvalue weighted by atomic mass is 10.4. The summed E-state index contributed by atoms with van der Waals surface area (Å²) in [7, 11) is -3.77. The Labute approximate surface area is 115 Å². The summed E-state index contributed by atoms with van der Waals surface area (Å²) in [6, 6.07) is 0. The molecule has 1 aliphatic heterocycles. The van der Waals surface area contributed by atoms with Crippen molar-refractivity contribution >= 4 is 21.9 Å². The number of sulfonamides is 1. The molecule has 1 aromatic heterocycles. The van der Waals surface area contributed by atoms with Gasteiger partial charge in [-0.05, 0) is 0 Å². The topological polar surface area (TPSA) is 122 Å². The first-order valence-corrected chi connectivity index (χ1v) is 7.35. The van der Waals surface area contributed by atoms with Gasteiger partial charge in [-0.1, -0.05) is 0 Å². The summed E-state index contributed by atoms with van der Waals surface area (Å²) in [5.41, 5.74) is 0. The highest BCUT2D eigenvalue weighted by Gasteiger charge is 2.30. The quantitative estimate of drug-likeness (QED) is 0.681. The minimum absolute atomic E-state index is 0.0439. The first-order valence-electron chi connectivity index (χ1n) is 5.90. The predicted molar refractivity (Wildman–Crippen MR) is 66.2 cm³/mol. The molecule has 0 spiro atoms. The van der Waals surface area contributed by atoms with Crippen LogP contribution in [-0.4, -0.2) is 59.1 Å². The highest BCUT2D eigenvalue weighted by molar-refractivity contribution is 7.89. The van der Waals surface area contributed by atoms with Crippen LogP contribution in [-0.2, 0) is 26.2 Å². The average Bonchev–Trinajstić information content (AvgIpc) is 2.86. The number of carbonyl (C=O) groups excluding carboxylic acids is 1. The average molecular weight is 302 g/mol. The van der Waals surface area contributed by atoms with Crippen molar-refractivity contribution in [2.45, 2.75) is 17.9 Å². The minimum atomic E-state index is -3.77. The van der Waals surface area contributed by atoms with Crippen molar-refractivity contribution in [3.05, 3.63) is 12.4 Å². The van der Waals surface area contributed by atoms with Gasteiger partial charge in [0.15, 0.2) is 0 Å². The lowest BCUT2D eigenvalue weighted by Gasteiger charge is -2.25. The molecule has 1 amide bonds. The molecule has 1 aromatic rings. The summed E-state index contributed by atoms with van der Waals surface area (Å²) in [5, 5.41) is 14.9. The van der Waals surface area contributed by atoms with E-state index in [0.29, 0.717) is 0 Å². The first-order chi connectivity index (χ1) is 9.39. The summed E-state index contributed by atoms with van der Waals surface area (Å²) in [6.07, 6.45) is 2.28. The first kappa shape index (κ1) is 14.5. The molecule has 2 N–H and O–H groups in total. The molecule has 1 aliphatic rings. The lowest BCUT2D eigenvalue weighted by molar-refractivity contribution is -0.137. The maximum absolute atomic E-state index is 12.3. The number of nitrogens with one attached hydrogen (secondary N) is 1. The molecular weight excluding hydrogens is 288 g/mol. The number of piperazine rings is 1. The molecular formula is C10H14N4O5S. The molecule has 10 heteroatoms. The monoisotopic (exact) mass is 302 g/mol. The van der Waals surface area contributed by atoms with Crippen molar-refractivity contribution < 1.29 is 23.1 Å². The zero-order chi connectivity index (χ0) is 14.8. The van der Waals surface area contributed by atoms with Crippen LogP contribution in [0.2, 0.25) is 0 Å². The molecule has 9 nitrogen and oxygen atoms in total. The number of amides is 1. The molecule has 0 atom stereocenters. The summed E-state index contributed by atoms with van der Waals surface area (Å²) in [5.74, 6) is -1.34. The van der Waals surface area contributed by atoms with E-state index >= 15 is 0 Å². The molecule has 0 aromatic carbocycles. The molecule has 0 bridgehead atoms. The van der Waals surface area contributed by atoms with E-state index < -0.39 is 16.0 Å². The number of nitrogens with zero attached hydrogens (tertiary/aromatic N) is 3. The van der Waals surface area contributed by atoms with E-state index in [1.165, 1.54) is 10.9 Å². The van der Waals surface area contributed by atoms with Gasteiger partial charge in [0.25, 0.3) is 0 Å². The van der Waals surface area contributed by atoms with Crippen molar-refractivity contribution in [3.63, 3.8) is 0 Å². The maximum Gasteiger partial charge on any atom is 0.305 e. The van der Waals surface area contributed by atoms with Gasteiger partial charge in [0, 0.05) is 19.3 Å². The molecule has 0 aliphatic carbocycles. The van der Waals surface area contributed by atoms with E-state index in [4.69, 9.17) is 5.11 Å². The number of carboxylic acid groups (broad SMARTS) is 1. The third-order valence-electron chi connectivity index (χ3n) is 2.81. The molecule has 1 fully saturated rings. The molecule has 0 saturated carbocycles. The second-order valence-corrected chi connectivity index (χ2v) is 6.21. The largest absolute Gasteiger partial charge is 0.481 e. The number of hydrogen-bond donors (Lipinski definition) is 2. The van der Waals surface area contributed by atoms with E-state index in [-0.39, 0.29) is 43.4 Å². The third kappa shape index (κ3) is 3.14. The number of carbonyl (C=O) groups is 2. The molecule has 0 unspecified atom stereocenters. The van der Waals surface area contributed by atoms with Crippen LogP contribution in [0.25, 0.3) is 0 Å². The Morgan fingerprint density at radius 2 is 2.25 bits per heavy atom. The van der Waals surface area contributed by atoms with Crippen molar-refractivity contribution in [1.82, 2.24) is 19.4 Å². The number of aromatic nitrogens is 2. The molecule has 0 radical (unpaired) electrons. The number of carboxylic acids is 1. The second-order valence-electron chi connectivity index (χ2n) is 4.27. The van der Waals surface area contributed by atoms with Gasteiger partial charge in [-0.25, -0.2) is 8.42 Å². The fraction of sp³-hybridized carbons (Fsp3) is 0.500. The predicted octanol–water partition coefficient (Wildman–Crippen LogP) is -1.52. The zero-order valence-corrected chi connectivity index (χ0v) is 11.3. The normalized spacial score (nSPS) is 16.9. The Hall–Kier alpha value is -1.94. The fourth-order valence-electron chi connectivity index (χ4n) is 1.78. The zero-order valence-electron chi connectivity index (χ0n) is 10.5. The second kappa shape index (κ2) is 5.59. The van der Waals surface area contributed by atoms with E-state index in [1.54, 1.807) is 0 Å². The van der Waals surface area contributed by atoms with Crippen molar-refractivity contribution in [1.29, 1.82) is 0 Å². The Kier molecular flexibility index (Phi) is 4.04. The lowest BCUT2D eigenvalue weighted by Crippen LogP contribution is -2.49. The van der Waals surface area contributed by atoms with Crippen LogP contribution in [0.1, 0.15) is 6.42 Å². The third-order valence-corrected chi connectivity index (χ3v) is 4.60.